The molecule has 8 nitrogen and oxygen atoms in total. The van der Waals surface area contributed by atoms with Crippen molar-refractivity contribution in [1.82, 2.24) is 10.2 Å². The molecule has 1 N–H and O–H groups in total. The van der Waals surface area contributed by atoms with Crippen molar-refractivity contribution in [2.45, 2.75) is 58.5 Å². The van der Waals surface area contributed by atoms with Gasteiger partial charge in [-0.25, -0.2) is 8.42 Å². The van der Waals surface area contributed by atoms with Gasteiger partial charge < -0.3 is 15.0 Å². The van der Waals surface area contributed by atoms with Crippen LogP contribution in [0.15, 0.2) is 84.9 Å². The topological polar surface area (TPSA) is 96.0 Å². The van der Waals surface area contributed by atoms with Crippen LogP contribution in [-0.2, 0) is 32.6 Å². The van der Waals surface area contributed by atoms with Gasteiger partial charge in [0.05, 0.1) is 18.6 Å². The lowest BCUT2D eigenvalue weighted by Crippen LogP contribution is -2.50. The molecule has 0 bridgehead atoms. The van der Waals surface area contributed by atoms with Crippen LogP contribution >= 0.6 is 0 Å². The first-order valence-electron chi connectivity index (χ1n) is 14.6. The number of anilines is 1. The van der Waals surface area contributed by atoms with Gasteiger partial charge in [-0.05, 0) is 55.2 Å². The molecule has 9 heteroatoms. The summed E-state index contributed by atoms with van der Waals surface area (Å²) < 4.78 is 32.1. The number of carbonyl (C=O) groups excluding carboxylic acids is 2. The zero-order valence-corrected chi connectivity index (χ0v) is 25.7. The van der Waals surface area contributed by atoms with Crippen LogP contribution in [-0.4, -0.2) is 57.1 Å². The average molecular weight is 594 g/mol. The molecule has 42 heavy (non-hydrogen) atoms. The van der Waals surface area contributed by atoms with Gasteiger partial charge in [0.15, 0.2) is 0 Å². The minimum Gasteiger partial charge on any atom is -0.494 e. The molecule has 0 unspecified atom stereocenters. The van der Waals surface area contributed by atoms with Crippen LogP contribution in [0.4, 0.5) is 5.69 Å². The molecule has 226 valence electrons. The molecule has 0 radical (unpaired) electrons. The highest BCUT2D eigenvalue weighted by molar-refractivity contribution is 7.92. The van der Waals surface area contributed by atoms with Crippen LogP contribution in [0.1, 0.15) is 50.7 Å². The van der Waals surface area contributed by atoms with Crippen LogP contribution in [0.3, 0.4) is 0 Å². The van der Waals surface area contributed by atoms with Gasteiger partial charge in [0.25, 0.3) is 0 Å². The number of amides is 2. The number of hydrogen-bond acceptors (Lipinski definition) is 5. The van der Waals surface area contributed by atoms with E-state index in [1.807, 2.05) is 67.6 Å². The fraction of sp³-hybridized carbons (Fsp3) is 0.394. The minimum atomic E-state index is -3.59. The van der Waals surface area contributed by atoms with Crippen molar-refractivity contribution in [3.05, 3.63) is 96.1 Å². The van der Waals surface area contributed by atoms with Gasteiger partial charge in [-0.2, -0.15) is 0 Å². The molecule has 2 amide bonds. The summed E-state index contributed by atoms with van der Waals surface area (Å²) in [7, 11) is -3.59. The largest absolute Gasteiger partial charge is 0.494 e. The number of benzene rings is 3. The maximum Gasteiger partial charge on any atom is 0.243 e. The molecule has 0 fully saturated rings. The lowest BCUT2D eigenvalue weighted by molar-refractivity contribution is -0.141. The molecule has 3 aromatic rings. The second-order valence-electron chi connectivity index (χ2n) is 10.2. The minimum absolute atomic E-state index is 0.0867. The number of nitrogens with zero attached hydrogens (tertiary/aromatic N) is 2. The van der Waals surface area contributed by atoms with Crippen LogP contribution in [0.2, 0.25) is 0 Å². The Hall–Kier alpha value is -3.85. The molecule has 0 aliphatic rings. The van der Waals surface area contributed by atoms with Crippen LogP contribution in [0, 0.1) is 0 Å². The van der Waals surface area contributed by atoms with Crippen molar-refractivity contribution in [2.75, 3.05) is 30.3 Å². The molecule has 0 saturated heterocycles. The Bertz CT molecular complexity index is 1350. The maximum absolute atomic E-state index is 13.9. The van der Waals surface area contributed by atoms with Crippen LogP contribution in [0.25, 0.3) is 0 Å². The van der Waals surface area contributed by atoms with E-state index in [0.717, 1.165) is 30.2 Å². The van der Waals surface area contributed by atoms with E-state index in [1.165, 1.54) is 4.31 Å². The van der Waals surface area contributed by atoms with Crippen LogP contribution in [0.5, 0.6) is 5.75 Å². The predicted molar refractivity (Wildman–Crippen MR) is 168 cm³/mol. The average Bonchev–Trinajstić information content (AvgIpc) is 2.98. The normalized spacial score (nSPS) is 11.9. The van der Waals surface area contributed by atoms with Gasteiger partial charge >= 0.3 is 0 Å². The Morgan fingerprint density at radius 3 is 2.05 bits per heavy atom. The molecule has 1 atom stereocenters. The lowest BCUT2D eigenvalue weighted by Gasteiger charge is -2.32. The van der Waals surface area contributed by atoms with Gasteiger partial charge in [-0.1, -0.05) is 74.0 Å². The predicted octanol–water partition coefficient (Wildman–Crippen LogP) is 5.19. The first-order valence-corrected chi connectivity index (χ1v) is 16.4. The summed E-state index contributed by atoms with van der Waals surface area (Å²) in [5.74, 6) is 0.261. The first kappa shape index (κ1) is 32.7. The highest BCUT2D eigenvalue weighted by Crippen LogP contribution is 2.23. The third-order valence-electron chi connectivity index (χ3n) is 6.88. The third kappa shape index (κ3) is 10.2. The van der Waals surface area contributed by atoms with E-state index in [1.54, 1.807) is 29.2 Å². The number of nitrogens with one attached hydrogen (secondary N) is 1. The summed E-state index contributed by atoms with van der Waals surface area (Å²) in [6, 6.07) is 25.4. The van der Waals surface area contributed by atoms with Gasteiger partial charge in [-0.15, -0.1) is 0 Å². The molecule has 0 aromatic heterocycles. The van der Waals surface area contributed by atoms with E-state index >= 15 is 0 Å². The van der Waals surface area contributed by atoms with E-state index in [4.69, 9.17) is 4.74 Å². The van der Waals surface area contributed by atoms with Crippen molar-refractivity contribution in [3.8, 4) is 5.75 Å². The van der Waals surface area contributed by atoms with Gasteiger partial charge in [0, 0.05) is 32.5 Å². The highest BCUT2D eigenvalue weighted by atomic mass is 32.2. The Balaban J connectivity index is 1.82. The number of carbonyl (C=O) groups is 2. The highest BCUT2D eigenvalue weighted by Gasteiger charge is 2.30. The molecular formula is C33H43N3O5S. The Morgan fingerprint density at radius 2 is 1.48 bits per heavy atom. The fourth-order valence-electron chi connectivity index (χ4n) is 4.72. The molecule has 0 spiro atoms. The Morgan fingerprint density at radius 1 is 0.857 bits per heavy atom. The van der Waals surface area contributed by atoms with E-state index < -0.39 is 16.1 Å². The standard InChI is InChI=1S/C33H43N3O5S/c1-4-6-23-34-33(38)31(25-27-14-9-7-10-15-27)35(26-28-16-11-8-12-17-28)32(37)18-13-24-36(42(3,39)40)29-19-21-30(22-20-29)41-5-2/h7-12,14-17,19-22,31H,4-6,13,18,23-26H2,1-3H3,(H,34,38)/t31-/m0/s1. The summed E-state index contributed by atoms with van der Waals surface area (Å²) in [5.41, 5.74) is 2.38. The Kier molecular flexibility index (Phi) is 12.9. The van der Waals surface area contributed by atoms with Crippen molar-refractivity contribution in [2.24, 2.45) is 0 Å². The van der Waals surface area contributed by atoms with E-state index in [-0.39, 0.29) is 31.3 Å². The third-order valence-corrected chi connectivity index (χ3v) is 8.08. The monoisotopic (exact) mass is 593 g/mol. The quantitative estimate of drug-likeness (QED) is 0.218. The summed E-state index contributed by atoms with van der Waals surface area (Å²) >= 11 is 0. The summed E-state index contributed by atoms with van der Waals surface area (Å²) in [4.78, 5) is 29.0. The van der Waals surface area contributed by atoms with Crippen molar-refractivity contribution < 1.29 is 22.7 Å². The zero-order chi connectivity index (χ0) is 30.4. The smallest absolute Gasteiger partial charge is 0.243 e. The summed E-state index contributed by atoms with van der Waals surface area (Å²) in [5, 5.41) is 3.02. The summed E-state index contributed by atoms with van der Waals surface area (Å²) in [6.07, 6.45) is 3.71. The van der Waals surface area contributed by atoms with Crippen molar-refractivity contribution >= 4 is 27.5 Å². The van der Waals surface area contributed by atoms with E-state index in [0.29, 0.717) is 37.4 Å². The molecule has 0 aliphatic heterocycles. The zero-order valence-electron chi connectivity index (χ0n) is 24.9. The second kappa shape index (κ2) is 16.6. The maximum atomic E-state index is 13.9. The van der Waals surface area contributed by atoms with Crippen molar-refractivity contribution in [3.63, 3.8) is 0 Å². The Labute approximate surface area is 250 Å². The molecular weight excluding hydrogens is 550 g/mol. The second-order valence-corrected chi connectivity index (χ2v) is 12.1. The molecule has 0 saturated carbocycles. The SMILES string of the molecule is CCCCNC(=O)[C@H](Cc1ccccc1)N(Cc1ccccc1)C(=O)CCCN(c1ccc(OCC)cc1)S(C)(=O)=O. The number of ether oxygens (including phenoxy) is 1. The molecule has 3 aromatic carbocycles. The number of unbranched alkanes of at least 4 members (excludes halogenated alkanes) is 1. The summed E-state index contributed by atoms with van der Waals surface area (Å²) in [6.45, 7) is 5.40. The first-order chi connectivity index (χ1) is 20.2. The van der Waals surface area contributed by atoms with Crippen LogP contribution < -0.4 is 14.4 Å². The van der Waals surface area contributed by atoms with E-state index in [2.05, 4.69) is 12.2 Å². The van der Waals surface area contributed by atoms with Crippen molar-refractivity contribution in [1.29, 1.82) is 0 Å². The van der Waals surface area contributed by atoms with Gasteiger partial charge in [0.2, 0.25) is 21.8 Å². The number of hydrogen-bond donors (Lipinski definition) is 1. The molecule has 0 heterocycles. The van der Waals surface area contributed by atoms with Gasteiger partial charge in [-0.3, -0.25) is 13.9 Å². The van der Waals surface area contributed by atoms with E-state index in [9.17, 15) is 18.0 Å². The number of rotatable bonds is 17. The molecule has 3 rings (SSSR count). The number of sulfonamides is 1. The lowest BCUT2D eigenvalue weighted by atomic mass is 10.0. The molecule has 0 aliphatic carbocycles. The fourth-order valence-corrected chi connectivity index (χ4v) is 5.68. The van der Waals surface area contributed by atoms with Gasteiger partial charge in [0.1, 0.15) is 11.8 Å².